The minimum Gasteiger partial charge on any atom is -0.497 e. The summed E-state index contributed by atoms with van der Waals surface area (Å²) in [6.07, 6.45) is 2.49. The maximum atomic E-state index is 13.7. The average Bonchev–Trinajstić information content (AvgIpc) is 3.34. The number of ether oxygens (including phenoxy) is 4. The predicted octanol–water partition coefficient (Wildman–Crippen LogP) is 3.73. The summed E-state index contributed by atoms with van der Waals surface area (Å²) >= 11 is 0. The molecule has 0 amide bonds. The molecular weight excluding hydrogens is 436 g/mol. The summed E-state index contributed by atoms with van der Waals surface area (Å²) in [5, 5.41) is 7.77. The first-order chi connectivity index (χ1) is 16.6. The molecule has 1 aliphatic heterocycles. The molecule has 2 aromatic carbocycles. The van der Waals surface area contributed by atoms with Crippen molar-refractivity contribution in [3.63, 3.8) is 0 Å². The number of allylic oxidation sites excluding steroid dienone is 2. The molecule has 0 saturated heterocycles. The van der Waals surface area contributed by atoms with Crippen molar-refractivity contribution in [1.82, 2.24) is 14.8 Å². The zero-order chi connectivity index (χ0) is 23.8. The van der Waals surface area contributed by atoms with E-state index in [1.54, 1.807) is 33.1 Å². The van der Waals surface area contributed by atoms with E-state index in [9.17, 15) is 4.79 Å². The second-order valence-electron chi connectivity index (χ2n) is 8.20. The molecule has 0 unspecified atom stereocenters. The van der Waals surface area contributed by atoms with Crippen molar-refractivity contribution in [3.8, 4) is 23.0 Å². The smallest absolute Gasteiger partial charge is 0.226 e. The lowest BCUT2D eigenvalue weighted by molar-refractivity contribution is -0.116. The molecule has 2 heterocycles. The van der Waals surface area contributed by atoms with Crippen LogP contribution in [-0.2, 0) is 4.79 Å². The average molecular weight is 463 g/mol. The first-order valence-electron chi connectivity index (χ1n) is 10.9. The summed E-state index contributed by atoms with van der Waals surface area (Å²) < 4.78 is 23.7. The van der Waals surface area contributed by atoms with Crippen LogP contribution < -0.4 is 24.3 Å². The minimum atomic E-state index is -0.474. The number of benzene rings is 2. The SMILES string of the molecule is COc1ccc(OC)c([C@H]2C3=C(C[C@@H](c4ccc(OC)c(OC)c4)CC3=O)Nc3ncnn32)c1. The van der Waals surface area contributed by atoms with Crippen LogP contribution in [0.1, 0.15) is 35.9 Å². The van der Waals surface area contributed by atoms with Crippen LogP contribution in [0.5, 0.6) is 23.0 Å². The summed E-state index contributed by atoms with van der Waals surface area (Å²) in [6.45, 7) is 0. The molecule has 1 aromatic heterocycles. The van der Waals surface area contributed by atoms with Crippen LogP contribution >= 0.6 is 0 Å². The zero-order valence-corrected chi connectivity index (χ0v) is 19.5. The van der Waals surface area contributed by atoms with E-state index >= 15 is 0 Å². The Hall–Kier alpha value is -4.01. The summed E-state index contributed by atoms with van der Waals surface area (Å²) in [7, 11) is 6.43. The Balaban J connectivity index is 1.59. The number of anilines is 1. The molecule has 9 nitrogen and oxygen atoms in total. The van der Waals surface area contributed by atoms with E-state index in [4.69, 9.17) is 18.9 Å². The molecule has 176 valence electrons. The van der Waals surface area contributed by atoms with Crippen LogP contribution in [0.15, 0.2) is 54.0 Å². The minimum absolute atomic E-state index is 0.0131. The standard InChI is InChI=1S/C25H26N4O5/c1-31-16-6-8-20(32-2)17(12-16)24-23-18(28-25-26-13-27-29(24)25)9-15(10-19(23)30)14-5-7-21(33-3)22(11-14)34-4/h5-8,11-13,15,24H,9-10H2,1-4H3,(H,26,27,28)/t15-,24+/m1/s1. The van der Waals surface area contributed by atoms with Crippen LogP contribution in [0, 0.1) is 0 Å². The van der Waals surface area contributed by atoms with E-state index in [-0.39, 0.29) is 11.7 Å². The van der Waals surface area contributed by atoms with Gasteiger partial charge in [0.05, 0.1) is 28.4 Å². The van der Waals surface area contributed by atoms with Gasteiger partial charge in [-0.15, -0.1) is 0 Å². The Morgan fingerprint density at radius 3 is 2.41 bits per heavy atom. The highest BCUT2D eigenvalue weighted by Gasteiger charge is 2.40. The van der Waals surface area contributed by atoms with E-state index in [0.717, 1.165) is 16.8 Å². The van der Waals surface area contributed by atoms with Gasteiger partial charge < -0.3 is 24.3 Å². The Bertz CT molecular complexity index is 1280. The normalized spacial score (nSPS) is 19.1. The molecule has 0 radical (unpaired) electrons. The van der Waals surface area contributed by atoms with Crippen molar-refractivity contribution in [2.45, 2.75) is 24.8 Å². The molecule has 0 bridgehead atoms. The number of nitrogens with zero attached hydrogens (tertiary/aromatic N) is 3. The molecule has 34 heavy (non-hydrogen) atoms. The van der Waals surface area contributed by atoms with Gasteiger partial charge in [-0.25, -0.2) is 4.68 Å². The van der Waals surface area contributed by atoms with Gasteiger partial charge in [0.15, 0.2) is 17.3 Å². The number of ketones is 1. The molecule has 2 aliphatic rings. The zero-order valence-electron chi connectivity index (χ0n) is 19.5. The third-order valence-corrected chi connectivity index (χ3v) is 6.47. The van der Waals surface area contributed by atoms with Gasteiger partial charge in [0.25, 0.3) is 0 Å². The topological polar surface area (TPSA) is 96.7 Å². The van der Waals surface area contributed by atoms with Crippen LogP contribution in [0.2, 0.25) is 0 Å². The predicted molar refractivity (Wildman–Crippen MR) is 125 cm³/mol. The fourth-order valence-electron chi connectivity index (χ4n) is 4.83. The molecule has 2 atom stereocenters. The summed E-state index contributed by atoms with van der Waals surface area (Å²) in [5.41, 5.74) is 3.31. The fourth-order valence-corrected chi connectivity index (χ4v) is 4.83. The van der Waals surface area contributed by atoms with Crippen molar-refractivity contribution in [2.75, 3.05) is 33.8 Å². The number of methoxy groups -OCH3 is 4. The van der Waals surface area contributed by atoms with Crippen LogP contribution in [0.3, 0.4) is 0 Å². The summed E-state index contributed by atoms with van der Waals surface area (Å²) in [4.78, 5) is 18.1. The molecule has 0 fully saturated rings. The quantitative estimate of drug-likeness (QED) is 0.592. The number of nitrogens with one attached hydrogen (secondary N) is 1. The first-order valence-corrected chi connectivity index (χ1v) is 10.9. The molecule has 0 spiro atoms. The van der Waals surface area contributed by atoms with Crippen molar-refractivity contribution in [1.29, 1.82) is 0 Å². The molecular formula is C25H26N4O5. The Labute approximate surface area is 197 Å². The number of aromatic nitrogens is 3. The van der Waals surface area contributed by atoms with Gasteiger partial charge in [0, 0.05) is 23.3 Å². The molecule has 1 aliphatic carbocycles. The van der Waals surface area contributed by atoms with Crippen molar-refractivity contribution in [3.05, 3.63) is 65.1 Å². The van der Waals surface area contributed by atoms with Gasteiger partial charge in [-0.2, -0.15) is 10.1 Å². The third kappa shape index (κ3) is 3.53. The highest BCUT2D eigenvalue weighted by Crippen LogP contribution is 2.47. The van der Waals surface area contributed by atoms with E-state index in [1.807, 2.05) is 36.4 Å². The number of hydrogen-bond acceptors (Lipinski definition) is 8. The van der Waals surface area contributed by atoms with Gasteiger partial charge in [-0.1, -0.05) is 6.07 Å². The molecule has 1 N–H and O–H groups in total. The maximum absolute atomic E-state index is 13.7. The van der Waals surface area contributed by atoms with Gasteiger partial charge in [0.2, 0.25) is 5.95 Å². The maximum Gasteiger partial charge on any atom is 0.226 e. The van der Waals surface area contributed by atoms with E-state index in [1.165, 1.54) is 6.33 Å². The molecule has 0 saturated carbocycles. The number of carbonyl (C=O) groups is 1. The number of fused-ring (bicyclic) bond motifs is 1. The second-order valence-corrected chi connectivity index (χ2v) is 8.20. The van der Waals surface area contributed by atoms with Gasteiger partial charge in [0.1, 0.15) is 23.9 Å². The number of Topliss-reactive ketones (excluding diaryl/α,β-unsaturated/α-hetero) is 1. The molecule has 5 rings (SSSR count). The fraction of sp³-hybridized carbons (Fsp3) is 0.320. The van der Waals surface area contributed by atoms with Gasteiger partial charge in [-0.05, 0) is 48.2 Å². The highest BCUT2D eigenvalue weighted by atomic mass is 16.5. The van der Waals surface area contributed by atoms with Crippen LogP contribution in [-0.4, -0.2) is 49.0 Å². The number of carbonyl (C=O) groups excluding carboxylic acids is 1. The Morgan fingerprint density at radius 1 is 0.912 bits per heavy atom. The highest BCUT2D eigenvalue weighted by molar-refractivity contribution is 6.00. The lowest BCUT2D eigenvalue weighted by atomic mass is 9.77. The van der Waals surface area contributed by atoms with Crippen molar-refractivity contribution in [2.24, 2.45) is 0 Å². The monoisotopic (exact) mass is 462 g/mol. The second kappa shape index (κ2) is 8.74. The van der Waals surface area contributed by atoms with E-state index in [0.29, 0.717) is 47.4 Å². The van der Waals surface area contributed by atoms with Gasteiger partial charge >= 0.3 is 0 Å². The molecule has 9 heteroatoms. The number of rotatable bonds is 6. The summed E-state index contributed by atoms with van der Waals surface area (Å²) in [6, 6.07) is 10.9. The van der Waals surface area contributed by atoms with E-state index < -0.39 is 6.04 Å². The lowest BCUT2D eigenvalue weighted by Crippen LogP contribution is -2.33. The van der Waals surface area contributed by atoms with Crippen LogP contribution in [0.4, 0.5) is 5.95 Å². The number of hydrogen-bond donors (Lipinski definition) is 1. The third-order valence-electron chi connectivity index (χ3n) is 6.47. The first kappa shape index (κ1) is 21.8. The lowest BCUT2D eigenvalue weighted by Gasteiger charge is -2.35. The van der Waals surface area contributed by atoms with Gasteiger partial charge in [-0.3, -0.25) is 4.79 Å². The summed E-state index contributed by atoms with van der Waals surface area (Å²) in [5.74, 6) is 3.23. The van der Waals surface area contributed by atoms with Crippen molar-refractivity contribution < 1.29 is 23.7 Å². The van der Waals surface area contributed by atoms with Crippen molar-refractivity contribution >= 4 is 11.7 Å². The largest absolute Gasteiger partial charge is 0.497 e. The van der Waals surface area contributed by atoms with Crippen LogP contribution in [0.25, 0.3) is 0 Å². The van der Waals surface area contributed by atoms with E-state index in [2.05, 4.69) is 15.4 Å². The Morgan fingerprint density at radius 2 is 1.68 bits per heavy atom. The molecule has 3 aromatic rings. The Kier molecular flexibility index (Phi) is 5.61.